The van der Waals surface area contributed by atoms with Gasteiger partial charge in [-0.1, -0.05) is 42.5 Å². The molecule has 4 rings (SSSR count). The van der Waals surface area contributed by atoms with Crippen molar-refractivity contribution < 1.29 is 4.79 Å². The summed E-state index contributed by atoms with van der Waals surface area (Å²) in [5, 5.41) is 6.33. The lowest BCUT2D eigenvalue weighted by molar-refractivity contribution is 0.0955. The van der Waals surface area contributed by atoms with Gasteiger partial charge in [0.25, 0.3) is 5.91 Å². The first-order valence-electron chi connectivity index (χ1n) is 9.30. The van der Waals surface area contributed by atoms with Gasteiger partial charge in [-0.05, 0) is 77.5 Å². The Morgan fingerprint density at radius 2 is 1.69 bits per heavy atom. The lowest BCUT2D eigenvalue weighted by Crippen LogP contribution is -2.17. The van der Waals surface area contributed by atoms with Crippen molar-refractivity contribution in [2.24, 2.45) is 5.10 Å². The summed E-state index contributed by atoms with van der Waals surface area (Å²) in [6.45, 7) is 4.13. The van der Waals surface area contributed by atoms with Crippen LogP contribution < -0.4 is 5.43 Å². The molecule has 0 radical (unpaired) electrons. The average molecular weight is 493 g/mol. The van der Waals surface area contributed by atoms with Gasteiger partial charge in [0, 0.05) is 26.1 Å². The van der Waals surface area contributed by atoms with Crippen molar-refractivity contribution in [1.82, 2.24) is 9.99 Å². The zero-order valence-electron chi connectivity index (χ0n) is 16.2. The van der Waals surface area contributed by atoms with E-state index in [1.54, 1.807) is 6.21 Å². The Morgan fingerprint density at radius 1 is 0.966 bits per heavy atom. The summed E-state index contributed by atoms with van der Waals surface area (Å²) in [5.74, 6) is -0.224. The van der Waals surface area contributed by atoms with E-state index in [9.17, 15) is 4.79 Å². The number of carbonyl (C=O) groups is 1. The van der Waals surface area contributed by atoms with Gasteiger partial charge in [-0.15, -0.1) is 0 Å². The highest BCUT2D eigenvalue weighted by Crippen LogP contribution is 2.23. The second kappa shape index (κ2) is 8.21. The van der Waals surface area contributed by atoms with Crippen molar-refractivity contribution in [2.75, 3.05) is 0 Å². The van der Waals surface area contributed by atoms with Gasteiger partial charge < -0.3 is 4.57 Å². The number of hydrazone groups is 1. The molecule has 0 fully saturated rings. The number of hydrogen-bond donors (Lipinski definition) is 1. The summed E-state index contributed by atoms with van der Waals surface area (Å²) in [7, 11) is 0. The van der Waals surface area contributed by atoms with E-state index in [1.807, 2.05) is 54.6 Å². The molecule has 1 heterocycles. The number of amides is 1. The highest BCUT2D eigenvalue weighted by Gasteiger charge is 2.11. The number of aryl methyl sites for hydroxylation is 1. The van der Waals surface area contributed by atoms with Crippen molar-refractivity contribution >= 4 is 45.5 Å². The maximum atomic E-state index is 12.5. The average Bonchev–Trinajstić information content (AvgIpc) is 3.01. The van der Waals surface area contributed by atoms with Crippen LogP contribution in [0.3, 0.4) is 0 Å². The molecule has 0 unspecified atom stereocenters. The second-order valence-corrected chi connectivity index (χ2v) is 8.04. The topological polar surface area (TPSA) is 46.4 Å². The summed E-state index contributed by atoms with van der Waals surface area (Å²) in [5.41, 5.74) is 7.54. The normalized spacial score (nSPS) is 11.3. The van der Waals surface area contributed by atoms with Crippen molar-refractivity contribution in [3.05, 3.63) is 98.9 Å². The molecule has 0 bridgehead atoms. The Labute approximate surface area is 183 Å². The summed E-state index contributed by atoms with van der Waals surface area (Å²) in [4.78, 5) is 12.5. The highest BCUT2D eigenvalue weighted by atomic mass is 127. The number of nitrogens with one attached hydrogen (secondary N) is 1. The lowest BCUT2D eigenvalue weighted by atomic mass is 10.1. The second-order valence-electron chi connectivity index (χ2n) is 6.87. The van der Waals surface area contributed by atoms with E-state index in [-0.39, 0.29) is 5.91 Å². The SMILES string of the molecule is Cc1cc(/C=N\NC(=O)c2ccc3ccccc3c2)c(C)n1-c1ccccc1I. The fourth-order valence-electron chi connectivity index (χ4n) is 3.48. The minimum Gasteiger partial charge on any atom is -0.317 e. The molecule has 5 heteroatoms. The van der Waals surface area contributed by atoms with Crippen molar-refractivity contribution in [2.45, 2.75) is 13.8 Å². The smallest absolute Gasteiger partial charge is 0.271 e. The first-order chi connectivity index (χ1) is 14.0. The zero-order chi connectivity index (χ0) is 20.4. The van der Waals surface area contributed by atoms with Gasteiger partial charge in [-0.2, -0.15) is 5.10 Å². The molecule has 1 aromatic heterocycles. The summed E-state index contributed by atoms with van der Waals surface area (Å²) >= 11 is 2.34. The fourth-order valence-corrected chi connectivity index (χ4v) is 4.11. The predicted octanol–water partition coefficient (Wildman–Crippen LogP) is 5.62. The van der Waals surface area contributed by atoms with Crippen LogP contribution in [0, 0.1) is 17.4 Å². The first kappa shape index (κ1) is 19.4. The van der Waals surface area contributed by atoms with E-state index >= 15 is 0 Å². The molecule has 0 atom stereocenters. The summed E-state index contributed by atoms with van der Waals surface area (Å²) in [6, 6.07) is 23.9. The molecule has 4 nitrogen and oxygen atoms in total. The van der Waals surface area contributed by atoms with Gasteiger partial charge in [0.1, 0.15) is 0 Å². The van der Waals surface area contributed by atoms with Gasteiger partial charge >= 0.3 is 0 Å². The molecular formula is C24H20IN3O. The van der Waals surface area contributed by atoms with Crippen molar-refractivity contribution in [1.29, 1.82) is 0 Å². The monoisotopic (exact) mass is 493 g/mol. The Kier molecular flexibility index (Phi) is 5.49. The van der Waals surface area contributed by atoms with Crippen LogP contribution in [-0.2, 0) is 0 Å². The van der Waals surface area contributed by atoms with E-state index in [0.29, 0.717) is 5.56 Å². The van der Waals surface area contributed by atoms with Crippen LogP contribution >= 0.6 is 22.6 Å². The van der Waals surface area contributed by atoms with Crippen LogP contribution in [-0.4, -0.2) is 16.7 Å². The van der Waals surface area contributed by atoms with Crippen LogP contribution in [0.4, 0.5) is 0 Å². The maximum Gasteiger partial charge on any atom is 0.271 e. The molecule has 0 spiro atoms. The van der Waals surface area contributed by atoms with Gasteiger partial charge in [0.15, 0.2) is 0 Å². The molecular weight excluding hydrogens is 473 g/mol. The quantitative estimate of drug-likeness (QED) is 0.224. The lowest BCUT2D eigenvalue weighted by Gasteiger charge is -2.11. The first-order valence-corrected chi connectivity index (χ1v) is 10.4. The number of aromatic nitrogens is 1. The number of halogens is 1. The van der Waals surface area contributed by atoms with Crippen LogP contribution in [0.25, 0.3) is 16.5 Å². The van der Waals surface area contributed by atoms with E-state index in [2.05, 4.69) is 69.7 Å². The number of rotatable bonds is 4. The van der Waals surface area contributed by atoms with E-state index in [0.717, 1.165) is 33.4 Å². The van der Waals surface area contributed by atoms with Crippen molar-refractivity contribution in [3.63, 3.8) is 0 Å². The Hall–Kier alpha value is -2.93. The maximum absolute atomic E-state index is 12.5. The molecule has 4 aromatic rings. The van der Waals surface area contributed by atoms with Crippen LogP contribution in [0.15, 0.2) is 77.9 Å². The minimum atomic E-state index is -0.224. The van der Waals surface area contributed by atoms with Crippen LogP contribution in [0.2, 0.25) is 0 Å². The van der Waals surface area contributed by atoms with E-state index < -0.39 is 0 Å². The largest absolute Gasteiger partial charge is 0.317 e. The third kappa shape index (κ3) is 3.96. The van der Waals surface area contributed by atoms with E-state index in [1.165, 1.54) is 3.57 Å². The van der Waals surface area contributed by atoms with Crippen molar-refractivity contribution in [3.8, 4) is 5.69 Å². The standard InChI is InChI=1S/C24H20IN3O/c1-16-13-21(17(2)28(16)23-10-6-5-9-22(23)25)15-26-27-24(29)20-12-11-18-7-3-4-8-19(18)14-20/h3-15H,1-2H3,(H,27,29)/b26-15-. The highest BCUT2D eigenvalue weighted by molar-refractivity contribution is 14.1. The molecule has 29 heavy (non-hydrogen) atoms. The number of fused-ring (bicyclic) bond motifs is 1. The third-order valence-electron chi connectivity index (χ3n) is 4.95. The number of nitrogens with zero attached hydrogens (tertiary/aromatic N) is 2. The summed E-state index contributed by atoms with van der Waals surface area (Å²) < 4.78 is 3.38. The fraction of sp³-hybridized carbons (Fsp3) is 0.0833. The summed E-state index contributed by atoms with van der Waals surface area (Å²) in [6.07, 6.45) is 1.70. The van der Waals surface area contributed by atoms with Crippen LogP contribution in [0.5, 0.6) is 0 Å². The van der Waals surface area contributed by atoms with Gasteiger partial charge in [0.05, 0.1) is 11.9 Å². The van der Waals surface area contributed by atoms with Gasteiger partial charge in [-0.25, -0.2) is 5.43 Å². The minimum absolute atomic E-state index is 0.224. The molecule has 0 saturated heterocycles. The Balaban J connectivity index is 1.54. The molecule has 0 aliphatic carbocycles. The van der Waals surface area contributed by atoms with Gasteiger partial charge in [0.2, 0.25) is 0 Å². The molecule has 3 aromatic carbocycles. The Morgan fingerprint density at radius 3 is 2.48 bits per heavy atom. The molecule has 144 valence electrons. The molecule has 0 aliphatic heterocycles. The molecule has 0 saturated carbocycles. The number of carbonyl (C=O) groups excluding carboxylic acids is 1. The van der Waals surface area contributed by atoms with E-state index in [4.69, 9.17) is 0 Å². The van der Waals surface area contributed by atoms with Gasteiger partial charge in [-0.3, -0.25) is 4.79 Å². The zero-order valence-corrected chi connectivity index (χ0v) is 18.3. The number of para-hydroxylation sites is 1. The molecule has 0 aliphatic rings. The molecule has 1 N–H and O–H groups in total. The Bertz CT molecular complexity index is 1240. The third-order valence-corrected chi connectivity index (χ3v) is 5.86. The number of hydrogen-bond acceptors (Lipinski definition) is 2. The van der Waals surface area contributed by atoms with Crippen LogP contribution in [0.1, 0.15) is 27.3 Å². The number of benzene rings is 3. The predicted molar refractivity (Wildman–Crippen MR) is 127 cm³/mol. The molecule has 1 amide bonds.